The molecule has 5 nitrogen and oxygen atoms in total. The molecule has 0 N–H and O–H groups in total. The van der Waals surface area contributed by atoms with Crippen molar-refractivity contribution in [2.24, 2.45) is 0 Å². The van der Waals surface area contributed by atoms with Crippen LogP contribution in [0.4, 0.5) is 0 Å². The summed E-state index contributed by atoms with van der Waals surface area (Å²) in [4.78, 5) is 0.220. The SMILES string of the molecule is COc1ccc(S(=O)(=O)N(C)CCOC(C)C)cc1Br. The van der Waals surface area contributed by atoms with Gasteiger partial charge in [-0.3, -0.25) is 0 Å². The van der Waals surface area contributed by atoms with Crippen LogP contribution in [-0.2, 0) is 14.8 Å². The van der Waals surface area contributed by atoms with Crippen molar-refractivity contribution < 1.29 is 17.9 Å². The fourth-order valence-electron chi connectivity index (χ4n) is 1.52. The lowest BCUT2D eigenvalue weighted by molar-refractivity contribution is 0.0737. The molecule has 1 aromatic rings. The van der Waals surface area contributed by atoms with Gasteiger partial charge in [-0.25, -0.2) is 8.42 Å². The van der Waals surface area contributed by atoms with Crippen molar-refractivity contribution in [2.75, 3.05) is 27.3 Å². The second kappa shape index (κ2) is 7.40. The molecular weight excluding hydrogens is 346 g/mol. The van der Waals surface area contributed by atoms with Gasteiger partial charge in [-0.1, -0.05) is 0 Å². The third-order valence-corrected chi connectivity index (χ3v) is 5.16. The topological polar surface area (TPSA) is 55.8 Å². The van der Waals surface area contributed by atoms with E-state index in [4.69, 9.17) is 9.47 Å². The largest absolute Gasteiger partial charge is 0.496 e. The first kappa shape index (κ1) is 17.4. The van der Waals surface area contributed by atoms with Crippen molar-refractivity contribution in [2.45, 2.75) is 24.8 Å². The predicted octanol–water partition coefficient (Wildman–Crippen LogP) is 2.50. The average molecular weight is 366 g/mol. The maximum absolute atomic E-state index is 12.4. The van der Waals surface area contributed by atoms with Gasteiger partial charge in [-0.05, 0) is 48.0 Å². The van der Waals surface area contributed by atoms with Crippen molar-refractivity contribution in [1.29, 1.82) is 0 Å². The van der Waals surface area contributed by atoms with E-state index in [1.165, 1.54) is 30.6 Å². The molecule has 0 aliphatic carbocycles. The Bertz CT molecular complexity index is 545. The lowest BCUT2D eigenvalue weighted by Crippen LogP contribution is -2.30. The molecule has 0 amide bonds. The second-order valence-corrected chi connectivity index (χ2v) is 7.44. The summed E-state index contributed by atoms with van der Waals surface area (Å²) in [7, 11) is -0.446. The lowest BCUT2D eigenvalue weighted by Gasteiger charge is -2.18. The summed E-state index contributed by atoms with van der Waals surface area (Å²) in [5.41, 5.74) is 0. The predicted molar refractivity (Wildman–Crippen MR) is 81.6 cm³/mol. The van der Waals surface area contributed by atoms with E-state index in [9.17, 15) is 8.42 Å². The third-order valence-electron chi connectivity index (χ3n) is 2.69. The number of ether oxygens (including phenoxy) is 2. The highest BCUT2D eigenvalue weighted by molar-refractivity contribution is 9.10. The summed E-state index contributed by atoms with van der Waals surface area (Å²) in [5, 5.41) is 0. The van der Waals surface area contributed by atoms with Gasteiger partial charge in [0.2, 0.25) is 10.0 Å². The quantitative estimate of drug-likeness (QED) is 0.744. The third kappa shape index (κ3) is 4.44. The number of hydrogen-bond donors (Lipinski definition) is 0. The minimum Gasteiger partial charge on any atom is -0.496 e. The molecule has 0 unspecified atom stereocenters. The van der Waals surface area contributed by atoms with Crippen LogP contribution in [0.2, 0.25) is 0 Å². The number of halogens is 1. The first-order valence-corrected chi connectivity index (χ1v) is 8.44. The van der Waals surface area contributed by atoms with Crippen LogP contribution < -0.4 is 4.74 Å². The van der Waals surface area contributed by atoms with Gasteiger partial charge in [0.05, 0.1) is 29.2 Å². The molecule has 0 bridgehead atoms. The van der Waals surface area contributed by atoms with Crippen molar-refractivity contribution >= 4 is 26.0 Å². The summed E-state index contributed by atoms with van der Waals surface area (Å²) >= 11 is 3.29. The Morgan fingerprint density at radius 1 is 1.35 bits per heavy atom. The highest BCUT2D eigenvalue weighted by atomic mass is 79.9. The first-order chi connectivity index (χ1) is 9.28. The molecule has 1 aromatic carbocycles. The van der Waals surface area contributed by atoms with Crippen LogP contribution >= 0.6 is 15.9 Å². The van der Waals surface area contributed by atoms with Crippen molar-refractivity contribution in [3.8, 4) is 5.75 Å². The van der Waals surface area contributed by atoms with Gasteiger partial charge in [-0.2, -0.15) is 4.31 Å². The van der Waals surface area contributed by atoms with Gasteiger partial charge in [0.15, 0.2) is 0 Å². The van der Waals surface area contributed by atoms with Crippen LogP contribution in [0.1, 0.15) is 13.8 Å². The smallest absolute Gasteiger partial charge is 0.242 e. The Labute approximate surface area is 129 Å². The molecule has 0 radical (unpaired) electrons. The molecule has 0 spiro atoms. The molecule has 20 heavy (non-hydrogen) atoms. The van der Waals surface area contributed by atoms with Gasteiger partial charge >= 0.3 is 0 Å². The van der Waals surface area contributed by atoms with E-state index < -0.39 is 10.0 Å². The lowest BCUT2D eigenvalue weighted by atomic mass is 10.3. The molecule has 114 valence electrons. The molecular formula is C13H20BrNO4S. The minimum absolute atomic E-state index is 0.0845. The molecule has 7 heteroatoms. The van der Waals surface area contributed by atoms with Crippen LogP contribution in [-0.4, -0.2) is 46.1 Å². The maximum Gasteiger partial charge on any atom is 0.242 e. The van der Waals surface area contributed by atoms with E-state index in [2.05, 4.69) is 15.9 Å². The standard InChI is InChI=1S/C13H20BrNO4S/c1-10(2)19-8-7-15(3)20(16,17)11-5-6-13(18-4)12(14)9-11/h5-6,9-10H,7-8H2,1-4H3. The van der Waals surface area contributed by atoms with E-state index in [0.717, 1.165) is 0 Å². The van der Waals surface area contributed by atoms with Crippen LogP contribution in [0, 0.1) is 0 Å². The molecule has 0 aromatic heterocycles. The summed E-state index contributed by atoms with van der Waals surface area (Å²) in [6.07, 6.45) is 0.0845. The molecule has 0 atom stereocenters. The number of nitrogens with zero attached hydrogens (tertiary/aromatic N) is 1. The zero-order chi connectivity index (χ0) is 15.3. The van der Waals surface area contributed by atoms with Gasteiger partial charge in [0.25, 0.3) is 0 Å². The number of sulfonamides is 1. The van der Waals surface area contributed by atoms with Gasteiger partial charge < -0.3 is 9.47 Å². The normalized spacial score (nSPS) is 12.2. The summed E-state index contributed by atoms with van der Waals surface area (Å²) < 4.78 is 37.1. The van der Waals surface area contributed by atoms with Gasteiger partial charge in [-0.15, -0.1) is 0 Å². The highest BCUT2D eigenvalue weighted by Crippen LogP contribution is 2.28. The fraction of sp³-hybridized carbons (Fsp3) is 0.538. The van der Waals surface area contributed by atoms with E-state index in [1.807, 2.05) is 13.8 Å². The summed E-state index contributed by atoms with van der Waals surface area (Å²) in [6, 6.07) is 4.68. The molecule has 0 aliphatic heterocycles. The van der Waals surface area contributed by atoms with E-state index in [-0.39, 0.29) is 11.0 Å². The maximum atomic E-state index is 12.4. The van der Waals surface area contributed by atoms with E-state index in [0.29, 0.717) is 23.4 Å². The number of likely N-dealkylation sites (N-methyl/N-ethyl adjacent to an activating group) is 1. The van der Waals surface area contributed by atoms with Crippen LogP contribution in [0.15, 0.2) is 27.6 Å². The van der Waals surface area contributed by atoms with Crippen molar-refractivity contribution in [1.82, 2.24) is 4.31 Å². The van der Waals surface area contributed by atoms with E-state index in [1.54, 1.807) is 6.07 Å². The number of hydrogen-bond acceptors (Lipinski definition) is 4. The zero-order valence-corrected chi connectivity index (χ0v) is 14.5. The Morgan fingerprint density at radius 2 is 2.00 bits per heavy atom. The van der Waals surface area contributed by atoms with Crippen LogP contribution in [0.5, 0.6) is 5.75 Å². The van der Waals surface area contributed by atoms with Crippen LogP contribution in [0.3, 0.4) is 0 Å². The molecule has 0 fully saturated rings. The summed E-state index contributed by atoms with van der Waals surface area (Å²) in [5.74, 6) is 0.592. The molecule has 0 saturated carbocycles. The van der Waals surface area contributed by atoms with Crippen LogP contribution in [0.25, 0.3) is 0 Å². The molecule has 0 heterocycles. The highest BCUT2D eigenvalue weighted by Gasteiger charge is 2.21. The minimum atomic E-state index is -3.52. The van der Waals surface area contributed by atoms with Crippen molar-refractivity contribution in [3.05, 3.63) is 22.7 Å². The number of rotatable bonds is 7. The first-order valence-electron chi connectivity index (χ1n) is 6.20. The summed E-state index contributed by atoms with van der Waals surface area (Å²) in [6.45, 7) is 4.50. The monoisotopic (exact) mass is 365 g/mol. The van der Waals surface area contributed by atoms with E-state index >= 15 is 0 Å². The molecule has 1 rings (SSSR count). The Balaban J connectivity index is 2.84. The Kier molecular flexibility index (Phi) is 6.44. The number of benzene rings is 1. The Hall–Kier alpha value is -0.630. The Morgan fingerprint density at radius 3 is 2.50 bits per heavy atom. The fourth-order valence-corrected chi connectivity index (χ4v) is 3.40. The van der Waals surface area contributed by atoms with Gasteiger partial charge in [0, 0.05) is 13.6 Å². The molecule has 0 saturated heterocycles. The van der Waals surface area contributed by atoms with Crippen molar-refractivity contribution in [3.63, 3.8) is 0 Å². The molecule has 0 aliphatic rings. The van der Waals surface area contributed by atoms with Gasteiger partial charge in [0.1, 0.15) is 5.75 Å². The number of methoxy groups -OCH3 is 1. The second-order valence-electron chi connectivity index (χ2n) is 4.54. The zero-order valence-electron chi connectivity index (χ0n) is 12.1. The average Bonchev–Trinajstić information content (AvgIpc) is 2.37.